The van der Waals surface area contributed by atoms with Crippen molar-refractivity contribution in [1.82, 2.24) is 0 Å². The van der Waals surface area contributed by atoms with Crippen LogP contribution in [0.1, 0.15) is 50.5 Å². The van der Waals surface area contributed by atoms with Crippen molar-refractivity contribution >= 4 is 5.78 Å². The smallest absolute Gasteiger partial charge is 0.205 e. The molecule has 1 aliphatic carbocycles. The molecule has 0 unspecified atom stereocenters. The van der Waals surface area contributed by atoms with Crippen LogP contribution in [0.4, 0.5) is 0 Å². The van der Waals surface area contributed by atoms with Gasteiger partial charge in [-0.3, -0.25) is 4.79 Å². The number of Topliss-reactive ketones (excluding diaryl/α,β-unsaturated/α-hetero) is 1. The highest BCUT2D eigenvalue weighted by Gasteiger charge is 2.37. The maximum Gasteiger partial charge on any atom is 0.205 e. The molecule has 2 aliphatic rings. The number of nitriles is 1. The molecule has 0 spiro atoms. The SMILES string of the molecule is CCCCOc1ccc([C@@H]2C(C#N)=C(N)OC3=C2CCCC3=O)cc1OC. The summed E-state index contributed by atoms with van der Waals surface area (Å²) in [6, 6.07) is 7.75. The van der Waals surface area contributed by atoms with Gasteiger partial charge in [0, 0.05) is 12.3 Å². The average Bonchev–Trinajstić information content (AvgIpc) is 2.68. The van der Waals surface area contributed by atoms with E-state index in [0.29, 0.717) is 42.3 Å². The molecule has 1 atom stereocenters. The van der Waals surface area contributed by atoms with Gasteiger partial charge in [0.15, 0.2) is 23.0 Å². The quantitative estimate of drug-likeness (QED) is 0.770. The lowest BCUT2D eigenvalue weighted by atomic mass is 9.78. The molecule has 3 rings (SSSR count). The Morgan fingerprint density at radius 2 is 2.15 bits per heavy atom. The van der Waals surface area contributed by atoms with Gasteiger partial charge in [-0.25, -0.2) is 0 Å². The molecule has 0 amide bonds. The highest BCUT2D eigenvalue weighted by Crippen LogP contribution is 2.45. The third kappa shape index (κ3) is 3.63. The summed E-state index contributed by atoms with van der Waals surface area (Å²) >= 11 is 0. The summed E-state index contributed by atoms with van der Waals surface area (Å²) in [5, 5.41) is 9.64. The van der Waals surface area contributed by atoms with Gasteiger partial charge in [0.25, 0.3) is 0 Å². The number of carbonyl (C=O) groups excluding carboxylic acids is 1. The van der Waals surface area contributed by atoms with E-state index in [2.05, 4.69) is 13.0 Å². The normalized spacial score (nSPS) is 19.3. The third-order valence-electron chi connectivity index (χ3n) is 4.91. The molecule has 1 aromatic rings. The molecule has 0 aromatic heterocycles. The molecule has 6 nitrogen and oxygen atoms in total. The zero-order chi connectivity index (χ0) is 19.4. The second kappa shape index (κ2) is 8.17. The van der Waals surface area contributed by atoms with E-state index in [1.54, 1.807) is 7.11 Å². The molecule has 1 aliphatic heterocycles. The zero-order valence-corrected chi connectivity index (χ0v) is 15.7. The minimum Gasteiger partial charge on any atom is -0.493 e. The van der Waals surface area contributed by atoms with Crippen LogP contribution < -0.4 is 15.2 Å². The van der Waals surface area contributed by atoms with Gasteiger partial charge >= 0.3 is 0 Å². The van der Waals surface area contributed by atoms with Crippen molar-refractivity contribution < 1.29 is 19.0 Å². The van der Waals surface area contributed by atoms with E-state index in [-0.39, 0.29) is 11.7 Å². The van der Waals surface area contributed by atoms with E-state index >= 15 is 0 Å². The monoisotopic (exact) mass is 368 g/mol. The van der Waals surface area contributed by atoms with Crippen molar-refractivity contribution in [2.75, 3.05) is 13.7 Å². The van der Waals surface area contributed by atoms with E-state index < -0.39 is 5.92 Å². The number of benzene rings is 1. The first-order chi connectivity index (χ1) is 13.1. The van der Waals surface area contributed by atoms with Crippen LogP contribution in [-0.4, -0.2) is 19.5 Å². The van der Waals surface area contributed by atoms with Crippen LogP contribution >= 0.6 is 0 Å². The largest absolute Gasteiger partial charge is 0.493 e. The molecule has 1 aromatic carbocycles. The van der Waals surface area contributed by atoms with Crippen LogP contribution in [-0.2, 0) is 9.53 Å². The van der Waals surface area contributed by atoms with E-state index in [0.717, 1.165) is 30.4 Å². The third-order valence-corrected chi connectivity index (χ3v) is 4.91. The fourth-order valence-electron chi connectivity index (χ4n) is 3.52. The number of nitrogens with two attached hydrogens (primary N) is 1. The topological polar surface area (TPSA) is 94.6 Å². The van der Waals surface area contributed by atoms with Crippen molar-refractivity contribution in [3.8, 4) is 17.6 Å². The summed E-state index contributed by atoms with van der Waals surface area (Å²) < 4.78 is 16.8. The second-order valence-corrected chi connectivity index (χ2v) is 6.67. The molecule has 0 saturated carbocycles. The number of allylic oxidation sites excluding steroid dienone is 3. The Hall–Kier alpha value is -2.94. The Kier molecular flexibility index (Phi) is 5.70. The molecule has 0 radical (unpaired) electrons. The van der Waals surface area contributed by atoms with Crippen molar-refractivity contribution in [3.63, 3.8) is 0 Å². The van der Waals surface area contributed by atoms with Gasteiger partial charge in [-0.2, -0.15) is 5.26 Å². The highest BCUT2D eigenvalue weighted by molar-refractivity contribution is 5.96. The van der Waals surface area contributed by atoms with Crippen molar-refractivity contribution in [3.05, 3.63) is 46.6 Å². The number of rotatable bonds is 6. The average molecular weight is 368 g/mol. The summed E-state index contributed by atoms with van der Waals surface area (Å²) in [7, 11) is 1.58. The van der Waals surface area contributed by atoms with Crippen LogP contribution in [0.5, 0.6) is 11.5 Å². The predicted octanol–water partition coefficient (Wildman–Crippen LogP) is 3.69. The van der Waals surface area contributed by atoms with Gasteiger partial charge in [0.05, 0.1) is 13.7 Å². The standard InChI is InChI=1S/C21H24N2O4/c1-3-4-10-26-17-9-8-13(11-18(17)25-2)19-14-6-5-7-16(24)20(14)27-21(23)15(19)12-22/h8-9,11,19H,3-7,10,23H2,1-2H3/t19-/m0/s1. The molecule has 2 N–H and O–H groups in total. The van der Waals surface area contributed by atoms with E-state index in [1.165, 1.54) is 0 Å². The summed E-state index contributed by atoms with van der Waals surface area (Å²) in [6.45, 7) is 2.72. The predicted molar refractivity (Wildman–Crippen MR) is 99.9 cm³/mol. The number of hydrogen-bond acceptors (Lipinski definition) is 6. The maximum atomic E-state index is 12.3. The number of nitrogens with zero attached hydrogens (tertiary/aromatic N) is 1. The lowest BCUT2D eigenvalue weighted by Crippen LogP contribution is -2.26. The van der Waals surface area contributed by atoms with Gasteiger partial charge < -0.3 is 19.9 Å². The number of hydrogen-bond donors (Lipinski definition) is 1. The minimum atomic E-state index is -0.401. The lowest BCUT2D eigenvalue weighted by molar-refractivity contribution is -0.119. The van der Waals surface area contributed by atoms with Crippen LogP contribution in [0.25, 0.3) is 0 Å². The molecule has 0 bridgehead atoms. The van der Waals surface area contributed by atoms with Gasteiger partial charge in [-0.1, -0.05) is 19.4 Å². The highest BCUT2D eigenvalue weighted by atomic mass is 16.5. The Morgan fingerprint density at radius 1 is 1.33 bits per heavy atom. The van der Waals surface area contributed by atoms with Crippen LogP contribution in [0.3, 0.4) is 0 Å². The number of unbranched alkanes of at least 4 members (excludes halogenated alkanes) is 1. The summed E-state index contributed by atoms with van der Waals surface area (Å²) in [5.41, 5.74) is 7.94. The number of methoxy groups -OCH3 is 1. The summed E-state index contributed by atoms with van der Waals surface area (Å²) in [6.07, 6.45) is 3.88. The molecule has 27 heavy (non-hydrogen) atoms. The molecular weight excluding hydrogens is 344 g/mol. The van der Waals surface area contributed by atoms with Crippen molar-refractivity contribution in [2.45, 2.75) is 44.9 Å². The van der Waals surface area contributed by atoms with E-state index in [1.807, 2.05) is 18.2 Å². The molecule has 1 heterocycles. The fraction of sp³-hybridized carbons (Fsp3) is 0.429. The van der Waals surface area contributed by atoms with Gasteiger partial charge in [0.1, 0.15) is 11.6 Å². The first-order valence-corrected chi connectivity index (χ1v) is 9.25. The van der Waals surface area contributed by atoms with Gasteiger partial charge in [-0.05, 0) is 42.5 Å². The van der Waals surface area contributed by atoms with Gasteiger partial charge in [-0.15, -0.1) is 0 Å². The Morgan fingerprint density at radius 3 is 2.85 bits per heavy atom. The van der Waals surface area contributed by atoms with Crippen LogP contribution in [0, 0.1) is 11.3 Å². The first-order valence-electron chi connectivity index (χ1n) is 9.25. The molecular formula is C21H24N2O4. The van der Waals surface area contributed by atoms with Crippen LogP contribution in [0.2, 0.25) is 0 Å². The number of ketones is 1. The van der Waals surface area contributed by atoms with E-state index in [4.69, 9.17) is 19.9 Å². The number of carbonyl (C=O) groups is 1. The second-order valence-electron chi connectivity index (χ2n) is 6.67. The number of ether oxygens (including phenoxy) is 3. The lowest BCUT2D eigenvalue weighted by Gasteiger charge is -2.31. The fourth-order valence-corrected chi connectivity index (χ4v) is 3.52. The Balaban J connectivity index is 2.02. The van der Waals surface area contributed by atoms with Crippen molar-refractivity contribution in [1.29, 1.82) is 5.26 Å². The summed E-state index contributed by atoms with van der Waals surface area (Å²) in [5.74, 6) is 1.08. The molecule has 142 valence electrons. The molecule has 6 heteroatoms. The molecule has 0 saturated heterocycles. The van der Waals surface area contributed by atoms with Crippen LogP contribution in [0.15, 0.2) is 41.0 Å². The first kappa shape index (κ1) is 18.8. The summed E-state index contributed by atoms with van der Waals surface area (Å²) in [4.78, 5) is 12.3. The molecule has 0 fully saturated rings. The van der Waals surface area contributed by atoms with Crippen molar-refractivity contribution in [2.24, 2.45) is 5.73 Å². The Bertz CT molecular complexity index is 848. The van der Waals surface area contributed by atoms with Gasteiger partial charge in [0.2, 0.25) is 5.88 Å². The Labute approximate surface area is 159 Å². The van der Waals surface area contributed by atoms with E-state index in [9.17, 15) is 10.1 Å². The minimum absolute atomic E-state index is 0.00117. The maximum absolute atomic E-state index is 12.3. The zero-order valence-electron chi connectivity index (χ0n) is 15.7.